The van der Waals surface area contributed by atoms with Crippen LogP contribution in [0.2, 0.25) is 0 Å². The van der Waals surface area contributed by atoms with E-state index in [1.54, 1.807) is 45.9 Å². The molecular formula is C27H30F3N3O6. The van der Waals surface area contributed by atoms with Crippen molar-refractivity contribution in [3.05, 3.63) is 53.1 Å². The van der Waals surface area contributed by atoms with E-state index in [1.165, 1.54) is 11.0 Å². The van der Waals surface area contributed by atoms with Crippen LogP contribution in [0.1, 0.15) is 56.8 Å². The highest BCUT2D eigenvalue weighted by atomic mass is 19.4. The fourth-order valence-electron chi connectivity index (χ4n) is 4.49. The number of nitrogens with one attached hydrogen (secondary N) is 2. The maximum absolute atomic E-state index is 14.0. The zero-order valence-corrected chi connectivity index (χ0v) is 22.0. The summed E-state index contributed by atoms with van der Waals surface area (Å²) in [5.74, 6) is -0.968. The lowest BCUT2D eigenvalue weighted by Gasteiger charge is -2.33. The van der Waals surface area contributed by atoms with Crippen LogP contribution < -0.4 is 20.1 Å². The molecule has 0 saturated carbocycles. The number of carbonyl (C=O) groups excluding carboxylic acids is 3. The second-order valence-electron chi connectivity index (χ2n) is 10.3. The second kappa shape index (κ2) is 10.7. The molecule has 0 bridgehead atoms. The number of hydrogen-bond donors (Lipinski definition) is 2. The van der Waals surface area contributed by atoms with Gasteiger partial charge in [0, 0.05) is 23.3 Å². The third-order valence-corrected chi connectivity index (χ3v) is 6.11. The fraction of sp³-hybridized carbons (Fsp3) is 0.444. The van der Waals surface area contributed by atoms with E-state index in [9.17, 15) is 27.6 Å². The van der Waals surface area contributed by atoms with Crippen molar-refractivity contribution in [2.45, 2.75) is 64.5 Å². The van der Waals surface area contributed by atoms with E-state index < -0.39 is 53.6 Å². The lowest BCUT2D eigenvalue weighted by molar-refractivity contribution is -0.148. The molecule has 2 aliphatic heterocycles. The third kappa shape index (κ3) is 6.37. The molecular weight excluding hydrogens is 519 g/mol. The van der Waals surface area contributed by atoms with E-state index in [1.807, 2.05) is 0 Å². The van der Waals surface area contributed by atoms with E-state index in [-0.39, 0.29) is 31.2 Å². The molecule has 2 aromatic carbocycles. The molecule has 2 atom stereocenters. The molecule has 0 spiro atoms. The highest BCUT2D eigenvalue weighted by molar-refractivity contribution is 5.97. The van der Waals surface area contributed by atoms with Crippen molar-refractivity contribution in [1.29, 1.82) is 0 Å². The van der Waals surface area contributed by atoms with Crippen LogP contribution in [0.15, 0.2) is 36.4 Å². The average molecular weight is 550 g/mol. The third-order valence-electron chi connectivity index (χ3n) is 6.11. The molecule has 2 aliphatic rings. The number of ether oxygens (including phenoxy) is 3. The highest BCUT2D eigenvalue weighted by Gasteiger charge is 2.42. The Balaban J connectivity index is 1.84. The van der Waals surface area contributed by atoms with Crippen LogP contribution in [0, 0.1) is 0 Å². The molecule has 2 N–H and O–H groups in total. The first-order valence-electron chi connectivity index (χ1n) is 12.4. The van der Waals surface area contributed by atoms with E-state index in [0.717, 1.165) is 12.1 Å². The minimum absolute atomic E-state index is 0.0402. The number of amides is 2. The van der Waals surface area contributed by atoms with E-state index in [4.69, 9.17) is 14.2 Å². The number of halogens is 3. The molecule has 210 valence electrons. The molecule has 0 aromatic heterocycles. The van der Waals surface area contributed by atoms with Gasteiger partial charge in [-0.25, -0.2) is 0 Å². The van der Waals surface area contributed by atoms with Gasteiger partial charge in [-0.05, 0) is 57.5 Å². The Morgan fingerprint density at radius 2 is 1.82 bits per heavy atom. The SMILES string of the molecule is CCOC(=O)C[C@@H]1Nc2cc(C(F)(F)F)ccc2[C@H](C(=O)NC(C)(C)C)N(Cc2ccc3c(c2)OCO3)C1=O. The molecule has 12 heteroatoms. The van der Waals surface area contributed by atoms with Crippen molar-refractivity contribution in [3.63, 3.8) is 0 Å². The van der Waals surface area contributed by atoms with Gasteiger partial charge < -0.3 is 29.7 Å². The predicted molar refractivity (Wildman–Crippen MR) is 134 cm³/mol. The molecule has 0 radical (unpaired) electrons. The maximum atomic E-state index is 14.0. The number of fused-ring (bicyclic) bond motifs is 2. The molecule has 2 heterocycles. The first kappa shape index (κ1) is 28.1. The molecule has 2 amide bonds. The number of rotatable bonds is 6. The van der Waals surface area contributed by atoms with Crippen molar-refractivity contribution in [2.24, 2.45) is 0 Å². The quantitative estimate of drug-likeness (QED) is 0.521. The van der Waals surface area contributed by atoms with Gasteiger partial charge in [-0.1, -0.05) is 12.1 Å². The summed E-state index contributed by atoms with van der Waals surface area (Å²) in [6.45, 7) is 6.86. The molecule has 0 fully saturated rings. The van der Waals surface area contributed by atoms with Gasteiger partial charge in [0.15, 0.2) is 11.5 Å². The zero-order chi connectivity index (χ0) is 28.5. The molecule has 0 unspecified atom stereocenters. The first-order valence-corrected chi connectivity index (χ1v) is 12.4. The van der Waals surface area contributed by atoms with Gasteiger partial charge in [0.25, 0.3) is 0 Å². The van der Waals surface area contributed by atoms with Crippen LogP contribution in [0.5, 0.6) is 11.5 Å². The number of hydrogen-bond acceptors (Lipinski definition) is 7. The topological polar surface area (TPSA) is 106 Å². The zero-order valence-electron chi connectivity index (χ0n) is 22.0. The molecule has 2 aromatic rings. The summed E-state index contributed by atoms with van der Waals surface area (Å²) in [4.78, 5) is 41.3. The Kier molecular flexibility index (Phi) is 7.67. The van der Waals surface area contributed by atoms with Gasteiger partial charge in [-0.15, -0.1) is 0 Å². The lowest BCUT2D eigenvalue weighted by atomic mass is 9.98. The van der Waals surface area contributed by atoms with Gasteiger partial charge in [-0.2, -0.15) is 13.2 Å². The van der Waals surface area contributed by atoms with Crippen molar-refractivity contribution in [1.82, 2.24) is 10.2 Å². The van der Waals surface area contributed by atoms with E-state index in [2.05, 4.69) is 10.6 Å². The summed E-state index contributed by atoms with van der Waals surface area (Å²) in [6, 6.07) is 5.35. The number of alkyl halides is 3. The molecule has 0 saturated heterocycles. The van der Waals surface area contributed by atoms with Gasteiger partial charge in [0.2, 0.25) is 18.6 Å². The van der Waals surface area contributed by atoms with Gasteiger partial charge in [-0.3, -0.25) is 14.4 Å². The van der Waals surface area contributed by atoms with E-state index >= 15 is 0 Å². The first-order chi connectivity index (χ1) is 18.3. The fourth-order valence-corrected chi connectivity index (χ4v) is 4.49. The molecule has 39 heavy (non-hydrogen) atoms. The van der Waals surface area contributed by atoms with Gasteiger partial charge in [0.05, 0.1) is 18.6 Å². The number of esters is 1. The maximum Gasteiger partial charge on any atom is 0.416 e. The Morgan fingerprint density at radius 3 is 2.49 bits per heavy atom. The van der Waals surface area contributed by atoms with Crippen LogP contribution >= 0.6 is 0 Å². The summed E-state index contributed by atoms with van der Waals surface area (Å²) in [6.07, 6.45) is -5.12. The summed E-state index contributed by atoms with van der Waals surface area (Å²) in [7, 11) is 0. The van der Waals surface area contributed by atoms with Crippen molar-refractivity contribution < 1.29 is 41.8 Å². The summed E-state index contributed by atoms with van der Waals surface area (Å²) in [5.41, 5.74) is -0.998. The summed E-state index contributed by atoms with van der Waals surface area (Å²) < 4.78 is 56.6. The second-order valence-corrected chi connectivity index (χ2v) is 10.3. The Bertz CT molecular complexity index is 1270. The van der Waals surface area contributed by atoms with Crippen molar-refractivity contribution in [2.75, 3.05) is 18.7 Å². The monoisotopic (exact) mass is 549 g/mol. The van der Waals surface area contributed by atoms with Crippen LogP contribution in [-0.4, -0.2) is 47.7 Å². The summed E-state index contributed by atoms with van der Waals surface area (Å²) in [5, 5.41) is 5.64. The number of benzene rings is 2. The normalized spacial score (nSPS) is 18.6. The Hall–Kier alpha value is -3.96. The van der Waals surface area contributed by atoms with Crippen LogP contribution in [-0.2, 0) is 31.8 Å². The molecule has 9 nitrogen and oxygen atoms in total. The number of anilines is 1. The molecule has 4 rings (SSSR count). The standard InChI is InChI=1S/C27H30F3N3O6/c1-5-37-22(34)12-19-25(36)33(13-15-6-9-20-21(10-15)39-14-38-20)23(24(35)32-26(2,3)4)17-8-7-16(27(28,29)30)11-18(17)31-19/h6-11,19,23,31H,5,12-14H2,1-4H3,(H,32,35)/t19-,23+/m0/s1. The predicted octanol–water partition coefficient (Wildman–Crippen LogP) is 4.17. The Morgan fingerprint density at radius 1 is 1.10 bits per heavy atom. The molecule has 0 aliphatic carbocycles. The lowest BCUT2D eigenvalue weighted by Crippen LogP contribution is -2.50. The van der Waals surface area contributed by atoms with Gasteiger partial charge in [0.1, 0.15) is 12.1 Å². The number of nitrogens with zero attached hydrogens (tertiary/aromatic N) is 1. The van der Waals surface area contributed by atoms with E-state index in [0.29, 0.717) is 17.1 Å². The number of carbonyl (C=O) groups is 3. The van der Waals surface area contributed by atoms with Gasteiger partial charge >= 0.3 is 12.1 Å². The minimum atomic E-state index is -4.67. The highest BCUT2D eigenvalue weighted by Crippen LogP contribution is 2.40. The van der Waals surface area contributed by atoms with Crippen LogP contribution in [0.3, 0.4) is 0 Å². The largest absolute Gasteiger partial charge is 0.466 e. The average Bonchev–Trinajstić information content (AvgIpc) is 3.26. The van der Waals surface area contributed by atoms with Crippen molar-refractivity contribution >= 4 is 23.5 Å². The van der Waals surface area contributed by atoms with Crippen LogP contribution in [0.4, 0.5) is 18.9 Å². The minimum Gasteiger partial charge on any atom is -0.466 e. The Labute approximate surface area is 223 Å². The van der Waals surface area contributed by atoms with Crippen molar-refractivity contribution in [3.8, 4) is 11.5 Å². The summed E-state index contributed by atoms with van der Waals surface area (Å²) >= 11 is 0. The smallest absolute Gasteiger partial charge is 0.416 e. The van der Waals surface area contributed by atoms with Crippen LogP contribution in [0.25, 0.3) is 0 Å².